The van der Waals surface area contributed by atoms with Crippen molar-refractivity contribution in [3.8, 4) is 0 Å². The smallest absolute Gasteiger partial charge is 0.122 e. The number of benzene rings is 2. The number of nitrogen functional groups attached to an aromatic ring is 1. The molecule has 0 saturated carbocycles. The predicted molar refractivity (Wildman–Crippen MR) is 83.2 cm³/mol. The fourth-order valence-corrected chi connectivity index (χ4v) is 2.86. The molecule has 0 heterocycles. The summed E-state index contributed by atoms with van der Waals surface area (Å²) in [4.78, 5) is 1.22. The molecule has 4 heteroatoms. The van der Waals surface area contributed by atoms with Gasteiger partial charge in [0.1, 0.15) is 5.84 Å². The molecule has 0 fully saturated rings. The summed E-state index contributed by atoms with van der Waals surface area (Å²) in [5.74, 6) is 0.847. The largest absolute Gasteiger partial charge is 0.384 e. The Kier molecular flexibility index (Phi) is 4.51. The van der Waals surface area contributed by atoms with Crippen LogP contribution in [0.1, 0.15) is 16.7 Å². The first-order valence-corrected chi connectivity index (χ1v) is 7.25. The lowest BCUT2D eigenvalue weighted by atomic mass is 10.1. The van der Waals surface area contributed by atoms with Crippen molar-refractivity contribution in [2.24, 2.45) is 5.73 Å². The third-order valence-electron chi connectivity index (χ3n) is 2.78. The molecule has 2 aromatic rings. The van der Waals surface area contributed by atoms with Gasteiger partial charge in [-0.3, -0.25) is 5.41 Å². The normalized spacial score (nSPS) is 10.4. The Labute approximate surface area is 122 Å². The molecule has 0 unspecified atom stereocenters. The highest BCUT2D eigenvalue weighted by atomic mass is 35.5. The van der Waals surface area contributed by atoms with Gasteiger partial charge in [-0.05, 0) is 30.7 Å². The van der Waals surface area contributed by atoms with E-state index in [4.69, 9.17) is 22.7 Å². The van der Waals surface area contributed by atoms with Gasteiger partial charge in [-0.15, -0.1) is 11.8 Å². The molecule has 0 bridgehead atoms. The molecule has 0 aliphatic heterocycles. The summed E-state index contributed by atoms with van der Waals surface area (Å²) in [6.07, 6.45) is 0. The molecule has 98 valence electrons. The molecular weight excluding hydrogens is 276 g/mol. The van der Waals surface area contributed by atoms with Gasteiger partial charge in [0.05, 0.1) is 0 Å². The molecule has 0 saturated heterocycles. The van der Waals surface area contributed by atoms with E-state index in [0.29, 0.717) is 10.6 Å². The van der Waals surface area contributed by atoms with Crippen molar-refractivity contribution < 1.29 is 0 Å². The number of nitrogens with one attached hydrogen (secondary N) is 1. The summed E-state index contributed by atoms with van der Waals surface area (Å²) < 4.78 is 0. The minimum atomic E-state index is 0.0413. The van der Waals surface area contributed by atoms with E-state index >= 15 is 0 Å². The van der Waals surface area contributed by atoms with Crippen molar-refractivity contribution in [2.75, 3.05) is 0 Å². The van der Waals surface area contributed by atoms with Crippen molar-refractivity contribution in [1.82, 2.24) is 0 Å². The second-order valence-electron chi connectivity index (χ2n) is 4.32. The topological polar surface area (TPSA) is 49.9 Å². The Morgan fingerprint density at radius 1 is 1.21 bits per heavy atom. The van der Waals surface area contributed by atoms with E-state index in [2.05, 4.69) is 31.2 Å². The molecule has 2 rings (SSSR count). The molecule has 19 heavy (non-hydrogen) atoms. The Hall–Kier alpha value is -1.45. The first kappa shape index (κ1) is 14.0. The number of halogens is 1. The fourth-order valence-electron chi connectivity index (χ4n) is 1.63. The maximum atomic E-state index is 7.37. The number of amidine groups is 1. The Morgan fingerprint density at radius 2 is 1.89 bits per heavy atom. The van der Waals surface area contributed by atoms with Gasteiger partial charge >= 0.3 is 0 Å². The van der Waals surface area contributed by atoms with Crippen LogP contribution in [0.15, 0.2) is 47.4 Å². The maximum Gasteiger partial charge on any atom is 0.122 e. The predicted octanol–water partition coefficient (Wildman–Crippen LogP) is 4.22. The molecule has 3 N–H and O–H groups in total. The van der Waals surface area contributed by atoms with E-state index in [0.717, 1.165) is 11.3 Å². The van der Waals surface area contributed by atoms with Gasteiger partial charge in [0.15, 0.2) is 0 Å². The van der Waals surface area contributed by atoms with Crippen molar-refractivity contribution in [1.29, 1.82) is 5.41 Å². The Balaban J connectivity index is 2.07. The van der Waals surface area contributed by atoms with Crippen LogP contribution in [0.25, 0.3) is 0 Å². The van der Waals surface area contributed by atoms with Crippen LogP contribution < -0.4 is 5.73 Å². The summed E-state index contributed by atoms with van der Waals surface area (Å²) >= 11 is 7.94. The molecular formula is C15H15ClN2S. The lowest BCUT2D eigenvalue weighted by Crippen LogP contribution is -2.10. The lowest BCUT2D eigenvalue weighted by Gasteiger charge is -2.07. The number of thioether (sulfide) groups is 1. The number of rotatable bonds is 4. The minimum absolute atomic E-state index is 0.0413. The monoisotopic (exact) mass is 290 g/mol. The molecule has 0 aliphatic carbocycles. The van der Waals surface area contributed by atoms with E-state index in [9.17, 15) is 0 Å². The first-order chi connectivity index (χ1) is 9.06. The van der Waals surface area contributed by atoms with Crippen molar-refractivity contribution in [3.05, 3.63) is 64.2 Å². The van der Waals surface area contributed by atoms with Gasteiger partial charge in [-0.25, -0.2) is 0 Å². The van der Waals surface area contributed by atoms with E-state index in [1.54, 1.807) is 17.8 Å². The number of aryl methyl sites for hydroxylation is 1. The van der Waals surface area contributed by atoms with Gasteiger partial charge in [0.2, 0.25) is 0 Å². The zero-order chi connectivity index (χ0) is 13.8. The van der Waals surface area contributed by atoms with E-state index in [1.165, 1.54) is 10.5 Å². The number of hydrogen-bond acceptors (Lipinski definition) is 2. The number of nitrogens with two attached hydrogens (primary N) is 1. The van der Waals surface area contributed by atoms with Crippen molar-refractivity contribution >= 4 is 29.2 Å². The summed E-state index contributed by atoms with van der Waals surface area (Å²) in [7, 11) is 0. The SMILES string of the molecule is Cc1ccc(SCc2ccc(C(=N)N)cc2Cl)cc1. The molecule has 0 aliphatic rings. The van der Waals surface area contributed by atoms with Gasteiger partial charge < -0.3 is 5.73 Å². The number of hydrogen-bond donors (Lipinski definition) is 2. The second-order valence-corrected chi connectivity index (χ2v) is 5.78. The summed E-state index contributed by atoms with van der Waals surface area (Å²) in [5, 5.41) is 8.03. The standard InChI is InChI=1S/C15H15ClN2S/c1-10-2-6-13(7-3-10)19-9-12-5-4-11(15(17)18)8-14(12)16/h2-8H,9H2,1H3,(H3,17,18). The molecule has 0 amide bonds. The third kappa shape index (κ3) is 3.75. The molecule has 0 radical (unpaired) electrons. The van der Waals surface area contributed by atoms with Gasteiger partial charge in [-0.1, -0.05) is 41.4 Å². The van der Waals surface area contributed by atoms with Crippen LogP contribution in [0.2, 0.25) is 5.02 Å². The van der Waals surface area contributed by atoms with Crippen LogP contribution in [-0.4, -0.2) is 5.84 Å². The average molecular weight is 291 g/mol. The van der Waals surface area contributed by atoms with E-state index in [1.807, 2.05) is 12.1 Å². The third-order valence-corrected chi connectivity index (χ3v) is 4.19. The lowest BCUT2D eigenvalue weighted by molar-refractivity contribution is 1.34. The highest BCUT2D eigenvalue weighted by Gasteiger charge is 2.04. The molecule has 0 spiro atoms. The highest BCUT2D eigenvalue weighted by Crippen LogP contribution is 2.27. The quantitative estimate of drug-likeness (QED) is 0.503. The van der Waals surface area contributed by atoms with Crippen LogP contribution in [0, 0.1) is 12.3 Å². The first-order valence-electron chi connectivity index (χ1n) is 5.88. The zero-order valence-corrected chi connectivity index (χ0v) is 12.2. The highest BCUT2D eigenvalue weighted by molar-refractivity contribution is 7.98. The van der Waals surface area contributed by atoms with Crippen LogP contribution in [0.4, 0.5) is 0 Å². The zero-order valence-electron chi connectivity index (χ0n) is 10.6. The van der Waals surface area contributed by atoms with Gasteiger partial charge in [0.25, 0.3) is 0 Å². The summed E-state index contributed by atoms with van der Waals surface area (Å²) in [6.45, 7) is 2.08. The van der Waals surface area contributed by atoms with Crippen LogP contribution >= 0.6 is 23.4 Å². The molecule has 2 nitrogen and oxygen atoms in total. The van der Waals surface area contributed by atoms with Crippen molar-refractivity contribution in [3.63, 3.8) is 0 Å². The average Bonchev–Trinajstić information content (AvgIpc) is 2.39. The molecule has 0 aromatic heterocycles. The Bertz CT molecular complexity index is 594. The Morgan fingerprint density at radius 3 is 2.47 bits per heavy atom. The van der Waals surface area contributed by atoms with Crippen LogP contribution in [0.5, 0.6) is 0 Å². The molecule has 2 aromatic carbocycles. The van der Waals surface area contributed by atoms with Gasteiger partial charge in [0, 0.05) is 21.2 Å². The van der Waals surface area contributed by atoms with Gasteiger partial charge in [-0.2, -0.15) is 0 Å². The van der Waals surface area contributed by atoms with Crippen LogP contribution in [-0.2, 0) is 5.75 Å². The van der Waals surface area contributed by atoms with E-state index in [-0.39, 0.29) is 5.84 Å². The molecule has 0 atom stereocenters. The maximum absolute atomic E-state index is 7.37. The van der Waals surface area contributed by atoms with E-state index < -0.39 is 0 Å². The minimum Gasteiger partial charge on any atom is -0.384 e. The van der Waals surface area contributed by atoms with Crippen LogP contribution in [0.3, 0.4) is 0 Å². The van der Waals surface area contributed by atoms with Crippen molar-refractivity contribution in [2.45, 2.75) is 17.6 Å². The fraction of sp³-hybridized carbons (Fsp3) is 0.133. The second kappa shape index (κ2) is 6.13. The summed E-state index contributed by atoms with van der Waals surface area (Å²) in [6, 6.07) is 13.9. The summed E-state index contributed by atoms with van der Waals surface area (Å²) in [5.41, 5.74) is 8.40.